The maximum absolute atomic E-state index is 11.7. The summed E-state index contributed by atoms with van der Waals surface area (Å²) in [6.45, 7) is 2.01. The summed E-state index contributed by atoms with van der Waals surface area (Å²) in [7, 11) is 3.68. The SMILES string of the molecule is CN(C)CC(=O)Nc1sc2c(c1C#N)CCNC2. The van der Waals surface area contributed by atoms with Crippen LogP contribution in [0.5, 0.6) is 0 Å². The summed E-state index contributed by atoms with van der Waals surface area (Å²) >= 11 is 1.51. The van der Waals surface area contributed by atoms with Gasteiger partial charge in [0.1, 0.15) is 11.1 Å². The number of carbonyl (C=O) groups excluding carboxylic acids is 1. The summed E-state index contributed by atoms with van der Waals surface area (Å²) in [5, 5.41) is 16.0. The summed E-state index contributed by atoms with van der Waals surface area (Å²) in [5.41, 5.74) is 1.74. The largest absolute Gasteiger partial charge is 0.315 e. The number of hydrogen-bond acceptors (Lipinski definition) is 5. The highest BCUT2D eigenvalue weighted by Crippen LogP contribution is 2.34. The summed E-state index contributed by atoms with van der Waals surface area (Å²) < 4.78 is 0. The Balaban J connectivity index is 2.21. The third-order valence-electron chi connectivity index (χ3n) is 2.75. The van der Waals surface area contributed by atoms with E-state index in [-0.39, 0.29) is 5.91 Å². The van der Waals surface area contributed by atoms with Crippen LogP contribution in [0.15, 0.2) is 0 Å². The van der Waals surface area contributed by atoms with Crippen molar-refractivity contribution in [1.82, 2.24) is 10.2 Å². The molecule has 1 aromatic heterocycles. The first-order valence-electron chi connectivity index (χ1n) is 5.81. The van der Waals surface area contributed by atoms with Gasteiger partial charge < -0.3 is 15.5 Å². The Bertz CT molecular complexity index is 501. The number of anilines is 1. The molecule has 2 rings (SSSR count). The summed E-state index contributed by atoms with van der Waals surface area (Å²) in [4.78, 5) is 14.7. The molecule has 1 aliphatic rings. The average molecular weight is 264 g/mol. The van der Waals surface area contributed by atoms with E-state index in [0.29, 0.717) is 17.1 Å². The fourth-order valence-corrected chi connectivity index (χ4v) is 3.18. The number of nitriles is 1. The maximum Gasteiger partial charge on any atom is 0.239 e. The lowest BCUT2D eigenvalue weighted by molar-refractivity contribution is -0.116. The summed E-state index contributed by atoms with van der Waals surface area (Å²) in [6, 6.07) is 2.22. The van der Waals surface area contributed by atoms with Crippen LogP contribution in [0, 0.1) is 11.3 Å². The zero-order chi connectivity index (χ0) is 13.1. The minimum Gasteiger partial charge on any atom is -0.315 e. The Morgan fingerprint density at radius 3 is 3.06 bits per heavy atom. The van der Waals surface area contributed by atoms with Gasteiger partial charge in [-0.3, -0.25) is 4.79 Å². The predicted molar refractivity (Wildman–Crippen MR) is 71.6 cm³/mol. The van der Waals surface area contributed by atoms with E-state index >= 15 is 0 Å². The highest BCUT2D eigenvalue weighted by Gasteiger charge is 2.21. The van der Waals surface area contributed by atoms with E-state index in [9.17, 15) is 10.1 Å². The van der Waals surface area contributed by atoms with E-state index in [4.69, 9.17) is 0 Å². The molecule has 18 heavy (non-hydrogen) atoms. The van der Waals surface area contributed by atoms with Crippen LogP contribution in [-0.2, 0) is 17.8 Å². The number of thiophene rings is 1. The molecule has 2 heterocycles. The maximum atomic E-state index is 11.7. The fraction of sp³-hybridized carbons (Fsp3) is 0.500. The quantitative estimate of drug-likeness (QED) is 0.846. The number of amides is 1. The van der Waals surface area contributed by atoms with Gasteiger partial charge in [-0.25, -0.2) is 0 Å². The van der Waals surface area contributed by atoms with E-state index < -0.39 is 0 Å². The molecule has 0 bridgehead atoms. The molecule has 1 aromatic rings. The fourth-order valence-electron chi connectivity index (χ4n) is 1.99. The Labute approximate surface area is 110 Å². The van der Waals surface area contributed by atoms with Crippen molar-refractivity contribution in [2.45, 2.75) is 13.0 Å². The Morgan fingerprint density at radius 1 is 1.61 bits per heavy atom. The first kappa shape index (κ1) is 13.0. The van der Waals surface area contributed by atoms with E-state index in [0.717, 1.165) is 30.0 Å². The van der Waals surface area contributed by atoms with Crippen LogP contribution >= 0.6 is 11.3 Å². The Morgan fingerprint density at radius 2 is 2.39 bits per heavy atom. The topological polar surface area (TPSA) is 68.2 Å². The molecule has 1 amide bonds. The van der Waals surface area contributed by atoms with Crippen LogP contribution in [0.25, 0.3) is 0 Å². The highest BCUT2D eigenvalue weighted by atomic mass is 32.1. The normalized spacial score (nSPS) is 14.1. The van der Waals surface area contributed by atoms with Gasteiger partial charge in [0, 0.05) is 11.4 Å². The van der Waals surface area contributed by atoms with E-state index in [1.807, 2.05) is 14.1 Å². The molecular weight excluding hydrogens is 248 g/mol. The van der Waals surface area contributed by atoms with Crippen molar-refractivity contribution < 1.29 is 4.79 Å². The molecule has 0 saturated carbocycles. The first-order valence-corrected chi connectivity index (χ1v) is 6.63. The van der Waals surface area contributed by atoms with Crippen LogP contribution in [-0.4, -0.2) is 38.0 Å². The lowest BCUT2D eigenvalue weighted by Gasteiger charge is -2.11. The molecule has 0 fully saturated rings. The molecule has 5 nitrogen and oxygen atoms in total. The number of nitrogens with one attached hydrogen (secondary N) is 2. The third kappa shape index (κ3) is 2.70. The molecular formula is C12H16N4OS. The van der Waals surface area contributed by atoms with Gasteiger partial charge in [-0.05, 0) is 32.6 Å². The van der Waals surface area contributed by atoms with Crippen molar-refractivity contribution in [3.05, 3.63) is 16.0 Å². The van der Waals surface area contributed by atoms with E-state index in [1.54, 1.807) is 4.90 Å². The highest BCUT2D eigenvalue weighted by molar-refractivity contribution is 7.16. The number of nitrogens with zero attached hydrogens (tertiary/aromatic N) is 2. The van der Waals surface area contributed by atoms with Gasteiger partial charge in [0.05, 0.1) is 12.1 Å². The van der Waals surface area contributed by atoms with Crippen molar-refractivity contribution in [3.8, 4) is 6.07 Å². The Hall–Kier alpha value is -1.42. The molecule has 0 unspecified atom stereocenters. The third-order valence-corrected chi connectivity index (χ3v) is 3.90. The standard InChI is InChI=1S/C12H16N4OS/c1-16(2)7-11(17)15-12-9(5-13)8-3-4-14-6-10(8)18-12/h14H,3-4,6-7H2,1-2H3,(H,15,17). The molecule has 96 valence electrons. The minimum atomic E-state index is -0.0805. The summed E-state index contributed by atoms with van der Waals surface area (Å²) in [5.74, 6) is -0.0805. The van der Waals surface area contributed by atoms with Crippen molar-refractivity contribution in [1.29, 1.82) is 5.26 Å². The number of carbonyl (C=O) groups is 1. The molecule has 0 radical (unpaired) electrons. The smallest absolute Gasteiger partial charge is 0.239 e. The van der Waals surface area contributed by atoms with E-state index in [1.165, 1.54) is 11.3 Å². The molecule has 0 aromatic carbocycles. The van der Waals surface area contributed by atoms with Crippen LogP contribution in [0.2, 0.25) is 0 Å². The molecule has 2 N–H and O–H groups in total. The molecule has 0 saturated heterocycles. The molecule has 1 aliphatic heterocycles. The van der Waals surface area contributed by atoms with Gasteiger partial charge in [0.25, 0.3) is 0 Å². The number of likely N-dealkylation sites (N-methyl/N-ethyl adjacent to an activating group) is 1. The second-order valence-electron chi connectivity index (χ2n) is 4.53. The van der Waals surface area contributed by atoms with Crippen molar-refractivity contribution >= 4 is 22.2 Å². The number of fused-ring (bicyclic) bond motifs is 1. The number of hydrogen-bond donors (Lipinski definition) is 2. The zero-order valence-electron chi connectivity index (χ0n) is 10.5. The van der Waals surface area contributed by atoms with E-state index in [2.05, 4.69) is 16.7 Å². The summed E-state index contributed by atoms with van der Waals surface area (Å²) in [6.07, 6.45) is 0.859. The average Bonchev–Trinajstić information content (AvgIpc) is 2.64. The van der Waals surface area contributed by atoms with Gasteiger partial charge in [-0.2, -0.15) is 5.26 Å². The molecule has 0 spiro atoms. The van der Waals surface area contributed by atoms with Crippen molar-refractivity contribution in [2.75, 3.05) is 32.5 Å². The van der Waals surface area contributed by atoms with Crippen LogP contribution in [0.4, 0.5) is 5.00 Å². The van der Waals surface area contributed by atoms with Gasteiger partial charge in [-0.15, -0.1) is 11.3 Å². The monoisotopic (exact) mass is 264 g/mol. The lowest BCUT2D eigenvalue weighted by atomic mass is 10.1. The number of rotatable bonds is 3. The first-order chi connectivity index (χ1) is 8.61. The van der Waals surface area contributed by atoms with Crippen molar-refractivity contribution in [3.63, 3.8) is 0 Å². The minimum absolute atomic E-state index is 0.0805. The molecule has 6 heteroatoms. The van der Waals surface area contributed by atoms with Gasteiger partial charge >= 0.3 is 0 Å². The lowest BCUT2D eigenvalue weighted by Crippen LogP contribution is -2.27. The predicted octanol–water partition coefficient (Wildman–Crippen LogP) is 0.766. The van der Waals surface area contributed by atoms with Gasteiger partial charge in [0.15, 0.2) is 0 Å². The van der Waals surface area contributed by atoms with Crippen LogP contribution in [0.1, 0.15) is 16.0 Å². The zero-order valence-corrected chi connectivity index (χ0v) is 11.4. The van der Waals surface area contributed by atoms with Crippen molar-refractivity contribution in [2.24, 2.45) is 0 Å². The molecule has 0 aliphatic carbocycles. The molecule has 0 atom stereocenters. The van der Waals surface area contributed by atoms with Gasteiger partial charge in [-0.1, -0.05) is 0 Å². The Kier molecular flexibility index (Phi) is 3.97. The second kappa shape index (κ2) is 5.48. The van der Waals surface area contributed by atoms with Crippen LogP contribution < -0.4 is 10.6 Å². The van der Waals surface area contributed by atoms with Crippen LogP contribution in [0.3, 0.4) is 0 Å². The van der Waals surface area contributed by atoms with Gasteiger partial charge in [0.2, 0.25) is 5.91 Å². The second-order valence-corrected chi connectivity index (χ2v) is 5.64.